The first-order valence-corrected chi connectivity index (χ1v) is 5.16. The minimum atomic E-state index is -0.846. The largest absolute Gasteiger partial charge is 0.369 e. The minimum Gasteiger partial charge on any atom is -0.369 e. The number of carbonyl (C=O) groups is 1. The normalized spacial score (nSPS) is 11.2. The quantitative estimate of drug-likeness (QED) is 0.811. The highest BCUT2D eigenvalue weighted by Crippen LogP contribution is 2.17. The highest BCUT2D eigenvalue weighted by molar-refractivity contribution is 5.97. The number of para-hydroxylation sites is 1. The van der Waals surface area contributed by atoms with Gasteiger partial charge in [-0.05, 0) is 25.5 Å². The first kappa shape index (κ1) is 12.7. The summed E-state index contributed by atoms with van der Waals surface area (Å²) in [5, 5.41) is 2.81. The molecule has 1 aromatic carbocycles. The fraction of sp³-hybridized carbons (Fsp3) is 0.417. The molecule has 0 aliphatic heterocycles. The van der Waals surface area contributed by atoms with E-state index < -0.39 is 5.60 Å². The van der Waals surface area contributed by atoms with Gasteiger partial charge in [0.2, 0.25) is 0 Å². The molecule has 0 bridgehead atoms. The van der Waals surface area contributed by atoms with Crippen LogP contribution in [-0.2, 0) is 16.1 Å². The smallest absolute Gasteiger partial charge is 0.256 e. The van der Waals surface area contributed by atoms with E-state index in [1.54, 1.807) is 13.8 Å². The van der Waals surface area contributed by atoms with Gasteiger partial charge in [0, 0.05) is 19.3 Å². The molecule has 4 nitrogen and oxygen atoms in total. The summed E-state index contributed by atoms with van der Waals surface area (Å²) in [6.45, 7) is 3.82. The molecule has 1 aromatic rings. The third-order valence-electron chi connectivity index (χ3n) is 2.54. The fourth-order valence-corrected chi connectivity index (χ4v) is 1.19. The van der Waals surface area contributed by atoms with Crippen molar-refractivity contribution in [2.45, 2.75) is 26.0 Å². The lowest BCUT2D eigenvalue weighted by Crippen LogP contribution is -2.39. The van der Waals surface area contributed by atoms with Crippen molar-refractivity contribution < 1.29 is 9.53 Å². The minimum absolute atomic E-state index is 0.184. The molecule has 0 heterocycles. The Kier molecular flexibility index (Phi) is 4.04. The molecule has 0 atom stereocenters. The van der Waals surface area contributed by atoms with Gasteiger partial charge in [-0.3, -0.25) is 4.79 Å². The lowest BCUT2D eigenvalue weighted by Gasteiger charge is -2.22. The van der Waals surface area contributed by atoms with Crippen LogP contribution >= 0.6 is 0 Å². The molecule has 16 heavy (non-hydrogen) atoms. The molecule has 88 valence electrons. The highest BCUT2D eigenvalue weighted by atomic mass is 16.5. The molecule has 0 aliphatic carbocycles. The number of rotatable bonds is 4. The van der Waals surface area contributed by atoms with Gasteiger partial charge in [0.1, 0.15) is 5.60 Å². The SMILES string of the molecule is COC(C)(C)C(=O)Nc1ccccc1CN. The lowest BCUT2D eigenvalue weighted by molar-refractivity contribution is -0.133. The Bertz CT molecular complexity index is 375. The van der Waals surface area contributed by atoms with Crippen LogP contribution in [0.1, 0.15) is 19.4 Å². The summed E-state index contributed by atoms with van der Waals surface area (Å²) in [5.41, 5.74) is 6.38. The number of hydrogen-bond donors (Lipinski definition) is 2. The standard InChI is InChI=1S/C12H18N2O2/c1-12(2,16-3)11(15)14-10-7-5-4-6-9(10)8-13/h4-7H,8,13H2,1-3H3,(H,14,15). The molecule has 0 aromatic heterocycles. The van der Waals surface area contributed by atoms with Gasteiger partial charge >= 0.3 is 0 Å². The Balaban J connectivity index is 2.85. The number of benzene rings is 1. The van der Waals surface area contributed by atoms with Gasteiger partial charge in [-0.1, -0.05) is 18.2 Å². The Morgan fingerprint density at radius 2 is 2.06 bits per heavy atom. The molecule has 0 unspecified atom stereocenters. The first-order chi connectivity index (χ1) is 7.51. The van der Waals surface area contributed by atoms with E-state index in [9.17, 15) is 4.79 Å². The summed E-state index contributed by atoms with van der Waals surface area (Å²) in [6.07, 6.45) is 0. The second-order valence-electron chi connectivity index (χ2n) is 4.03. The van der Waals surface area contributed by atoms with Crippen molar-refractivity contribution in [3.05, 3.63) is 29.8 Å². The topological polar surface area (TPSA) is 64.3 Å². The van der Waals surface area contributed by atoms with Crippen molar-refractivity contribution >= 4 is 11.6 Å². The monoisotopic (exact) mass is 222 g/mol. The van der Waals surface area contributed by atoms with E-state index in [1.807, 2.05) is 24.3 Å². The van der Waals surface area contributed by atoms with Crippen molar-refractivity contribution in [3.8, 4) is 0 Å². The molecular weight excluding hydrogens is 204 g/mol. The van der Waals surface area contributed by atoms with Crippen molar-refractivity contribution in [1.29, 1.82) is 0 Å². The van der Waals surface area contributed by atoms with Gasteiger partial charge < -0.3 is 15.8 Å². The summed E-state index contributed by atoms with van der Waals surface area (Å²) in [5.74, 6) is -0.184. The maximum Gasteiger partial charge on any atom is 0.256 e. The van der Waals surface area contributed by atoms with E-state index in [4.69, 9.17) is 10.5 Å². The lowest BCUT2D eigenvalue weighted by atomic mass is 10.1. The average molecular weight is 222 g/mol. The van der Waals surface area contributed by atoms with Gasteiger partial charge in [0.15, 0.2) is 0 Å². The van der Waals surface area contributed by atoms with Gasteiger partial charge in [-0.25, -0.2) is 0 Å². The predicted octanol–water partition coefficient (Wildman–Crippen LogP) is 1.51. The molecule has 4 heteroatoms. The Labute approximate surface area is 95.8 Å². The third kappa shape index (κ3) is 2.81. The van der Waals surface area contributed by atoms with Gasteiger partial charge in [0.25, 0.3) is 5.91 Å². The van der Waals surface area contributed by atoms with Crippen LogP contribution in [0.25, 0.3) is 0 Å². The Morgan fingerprint density at radius 1 is 1.44 bits per heavy atom. The number of amides is 1. The number of nitrogens with one attached hydrogen (secondary N) is 1. The molecule has 0 saturated carbocycles. The van der Waals surface area contributed by atoms with Crippen LogP contribution in [0, 0.1) is 0 Å². The van der Waals surface area contributed by atoms with Crippen LogP contribution in [0.5, 0.6) is 0 Å². The van der Waals surface area contributed by atoms with Crippen molar-refractivity contribution in [1.82, 2.24) is 0 Å². The van der Waals surface area contributed by atoms with E-state index in [-0.39, 0.29) is 5.91 Å². The molecular formula is C12H18N2O2. The molecule has 0 saturated heterocycles. The number of nitrogens with two attached hydrogens (primary N) is 1. The molecule has 0 aliphatic rings. The zero-order valence-electron chi connectivity index (χ0n) is 9.91. The van der Waals surface area contributed by atoms with Gasteiger partial charge in [-0.2, -0.15) is 0 Å². The second kappa shape index (κ2) is 5.09. The first-order valence-electron chi connectivity index (χ1n) is 5.16. The maximum atomic E-state index is 11.9. The van der Waals surface area contributed by atoms with Crippen LogP contribution in [-0.4, -0.2) is 18.6 Å². The summed E-state index contributed by atoms with van der Waals surface area (Å²) < 4.78 is 5.10. The maximum absolute atomic E-state index is 11.9. The molecule has 0 radical (unpaired) electrons. The summed E-state index contributed by atoms with van der Waals surface area (Å²) in [7, 11) is 1.51. The number of ether oxygens (including phenoxy) is 1. The highest BCUT2D eigenvalue weighted by Gasteiger charge is 2.27. The molecule has 1 amide bonds. The molecule has 3 N–H and O–H groups in total. The van der Waals surface area contributed by atoms with Crippen LogP contribution in [0.3, 0.4) is 0 Å². The zero-order valence-corrected chi connectivity index (χ0v) is 9.91. The van der Waals surface area contributed by atoms with Crippen LogP contribution in [0.15, 0.2) is 24.3 Å². The van der Waals surface area contributed by atoms with Crippen molar-refractivity contribution in [2.75, 3.05) is 12.4 Å². The van der Waals surface area contributed by atoms with E-state index >= 15 is 0 Å². The predicted molar refractivity (Wildman–Crippen MR) is 64.1 cm³/mol. The summed E-state index contributed by atoms with van der Waals surface area (Å²) >= 11 is 0. The number of methoxy groups -OCH3 is 1. The van der Waals surface area contributed by atoms with E-state index in [2.05, 4.69) is 5.32 Å². The zero-order chi connectivity index (χ0) is 12.2. The fourth-order valence-electron chi connectivity index (χ4n) is 1.19. The third-order valence-corrected chi connectivity index (χ3v) is 2.54. The van der Waals surface area contributed by atoms with Gasteiger partial charge in [0.05, 0.1) is 0 Å². The van der Waals surface area contributed by atoms with Crippen LogP contribution in [0.2, 0.25) is 0 Å². The Morgan fingerprint density at radius 3 is 2.62 bits per heavy atom. The second-order valence-corrected chi connectivity index (χ2v) is 4.03. The number of carbonyl (C=O) groups excluding carboxylic acids is 1. The number of anilines is 1. The molecule has 0 spiro atoms. The molecule has 1 rings (SSSR count). The van der Waals surface area contributed by atoms with E-state index in [1.165, 1.54) is 7.11 Å². The van der Waals surface area contributed by atoms with Crippen LogP contribution in [0.4, 0.5) is 5.69 Å². The van der Waals surface area contributed by atoms with E-state index in [0.717, 1.165) is 11.3 Å². The van der Waals surface area contributed by atoms with E-state index in [0.29, 0.717) is 6.54 Å². The Hall–Kier alpha value is -1.39. The molecule has 0 fully saturated rings. The van der Waals surface area contributed by atoms with Gasteiger partial charge in [-0.15, -0.1) is 0 Å². The summed E-state index contributed by atoms with van der Waals surface area (Å²) in [6, 6.07) is 7.45. The van der Waals surface area contributed by atoms with Crippen molar-refractivity contribution in [2.24, 2.45) is 5.73 Å². The summed E-state index contributed by atoms with van der Waals surface area (Å²) in [4.78, 5) is 11.9. The van der Waals surface area contributed by atoms with Crippen LogP contribution < -0.4 is 11.1 Å². The van der Waals surface area contributed by atoms with Crippen molar-refractivity contribution in [3.63, 3.8) is 0 Å². The number of hydrogen-bond acceptors (Lipinski definition) is 3. The average Bonchev–Trinajstić information content (AvgIpc) is 2.29.